The second-order valence-electron chi connectivity index (χ2n) is 5.64. The summed E-state index contributed by atoms with van der Waals surface area (Å²) in [6.07, 6.45) is 0.662. The van der Waals surface area contributed by atoms with Crippen LogP contribution in [0.15, 0.2) is 30.3 Å². The topological polar surface area (TPSA) is 74.7 Å². The Hall–Kier alpha value is -1.40. The Balaban J connectivity index is 2.09. The first-order valence-corrected chi connectivity index (χ1v) is 8.91. The Labute approximate surface area is 125 Å². The Morgan fingerprint density at radius 1 is 1.38 bits per heavy atom. The van der Waals surface area contributed by atoms with Crippen LogP contribution in [0.3, 0.4) is 0 Å². The Morgan fingerprint density at radius 2 is 2.05 bits per heavy atom. The van der Waals surface area contributed by atoms with Gasteiger partial charge in [-0.25, -0.2) is 8.42 Å². The molecule has 1 N–H and O–H groups in total. The molecule has 0 aliphatic carbocycles. The monoisotopic (exact) mass is 311 g/mol. The number of rotatable bonds is 5. The van der Waals surface area contributed by atoms with Crippen LogP contribution in [0.4, 0.5) is 0 Å². The van der Waals surface area contributed by atoms with Gasteiger partial charge in [0, 0.05) is 18.6 Å². The molecule has 1 aliphatic rings. The summed E-state index contributed by atoms with van der Waals surface area (Å²) in [7, 11) is -3.12. The maximum absolute atomic E-state index is 11.7. The molecule has 2 unspecified atom stereocenters. The van der Waals surface area contributed by atoms with Crippen LogP contribution in [0.1, 0.15) is 18.9 Å². The van der Waals surface area contributed by atoms with E-state index in [9.17, 15) is 13.2 Å². The number of hydrogen-bond acceptors (Lipinski definition) is 4. The molecule has 0 bridgehead atoms. The SMILES string of the molecule is CC(Cc1ccccc1)N1CCS(=O)(=O)CC1CC(=O)O. The predicted octanol–water partition coefficient (Wildman–Crippen LogP) is 1.19. The standard InChI is InChI=1S/C15H21NO4S/c1-12(9-13-5-3-2-4-6-13)16-7-8-21(19,20)11-14(16)10-15(17)18/h2-6,12,14H,7-11H2,1H3,(H,17,18). The van der Waals surface area contributed by atoms with Gasteiger partial charge in [-0.2, -0.15) is 0 Å². The highest BCUT2D eigenvalue weighted by Gasteiger charge is 2.34. The summed E-state index contributed by atoms with van der Waals surface area (Å²) in [6, 6.07) is 9.64. The molecule has 21 heavy (non-hydrogen) atoms. The molecule has 1 fully saturated rings. The average Bonchev–Trinajstić information content (AvgIpc) is 2.38. The molecular formula is C15H21NO4S. The maximum atomic E-state index is 11.7. The molecular weight excluding hydrogens is 290 g/mol. The van der Waals surface area contributed by atoms with E-state index in [1.807, 2.05) is 42.2 Å². The van der Waals surface area contributed by atoms with E-state index in [1.54, 1.807) is 0 Å². The van der Waals surface area contributed by atoms with Crippen LogP contribution < -0.4 is 0 Å². The first-order valence-electron chi connectivity index (χ1n) is 7.09. The lowest BCUT2D eigenvalue weighted by atomic mass is 10.0. The molecule has 0 aromatic heterocycles. The van der Waals surface area contributed by atoms with Gasteiger partial charge in [-0.05, 0) is 18.9 Å². The van der Waals surface area contributed by atoms with Crippen LogP contribution in [0.2, 0.25) is 0 Å². The van der Waals surface area contributed by atoms with Gasteiger partial charge in [-0.1, -0.05) is 30.3 Å². The molecule has 1 aliphatic heterocycles. The molecule has 0 amide bonds. The van der Waals surface area contributed by atoms with Crippen molar-refractivity contribution in [3.8, 4) is 0 Å². The van der Waals surface area contributed by atoms with Crippen molar-refractivity contribution < 1.29 is 18.3 Å². The Bertz CT molecular complexity index is 585. The molecule has 0 saturated carbocycles. The molecule has 6 heteroatoms. The number of benzene rings is 1. The van der Waals surface area contributed by atoms with Crippen LogP contribution in [-0.4, -0.2) is 54.5 Å². The van der Waals surface area contributed by atoms with Gasteiger partial charge in [0.2, 0.25) is 0 Å². The fourth-order valence-electron chi connectivity index (χ4n) is 2.93. The normalized spacial score (nSPS) is 23.6. The summed E-state index contributed by atoms with van der Waals surface area (Å²) in [5, 5.41) is 9.00. The lowest BCUT2D eigenvalue weighted by Gasteiger charge is -2.39. The molecule has 1 aromatic carbocycles. The first kappa shape index (κ1) is 16.0. The van der Waals surface area contributed by atoms with Crippen molar-refractivity contribution in [2.45, 2.75) is 31.8 Å². The number of nitrogens with zero attached hydrogens (tertiary/aromatic N) is 1. The van der Waals surface area contributed by atoms with E-state index in [2.05, 4.69) is 0 Å². The van der Waals surface area contributed by atoms with Crippen molar-refractivity contribution in [1.29, 1.82) is 0 Å². The molecule has 0 radical (unpaired) electrons. The number of hydrogen-bond donors (Lipinski definition) is 1. The lowest BCUT2D eigenvalue weighted by molar-refractivity contribution is -0.138. The Kier molecular flexibility index (Phi) is 5.00. The highest BCUT2D eigenvalue weighted by molar-refractivity contribution is 7.91. The Morgan fingerprint density at radius 3 is 2.67 bits per heavy atom. The maximum Gasteiger partial charge on any atom is 0.304 e. The minimum Gasteiger partial charge on any atom is -0.481 e. The van der Waals surface area contributed by atoms with E-state index in [1.165, 1.54) is 5.56 Å². The number of carboxylic acid groups (broad SMARTS) is 1. The summed E-state index contributed by atoms with van der Waals surface area (Å²) in [5.41, 5.74) is 1.17. The minimum atomic E-state index is -3.12. The summed E-state index contributed by atoms with van der Waals surface area (Å²) in [5.74, 6) is -0.894. The van der Waals surface area contributed by atoms with E-state index in [4.69, 9.17) is 5.11 Å². The minimum absolute atomic E-state index is 0.0571. The fraction of sp³-hybridized carbons (Fsp3) is 0.533. The van der Waals surface area contributed by atoms with Crippen LogP contribution in [0.25, 0.3) is 0 Å². The van der Waals surface area contributed by atoms with E-state index in [0.29, 0.717) is 6.54 Å². The van der Waals surface area contributed by atoms with Crippen molar-refractivity contribution in [3.05, 3.63) is 35.9 Å². The van der Waals surface area contributed by atoms with Gasteiger partial charge in [-0.3, -0.25) is 9.69 Å². The predicted molar refractivity (Wildman–Crippen MR) is 81.0 cm³/mol. The third kappa shape index (κ3) is 4.54. The van der Waals surface area contributed by atoms with Crippen molar-refractivity contribution in [1.82, 2.24) is 4.90 Å². The van der Waals surface area contributed by atoms with Crippen LogP contribution in [-0.2, 0) is 21.1 Å². The van der Waals surface area contributed by atoms with E-state index < -0.39 is 21.8 Å². The molecule has 116 valence electrons. The molecule has 0 spiro atoms. The first-order chi connectivity index (χ1) is 9.87. The van der Waals surface area contributed by atoms with Gasteiger partial charge >= 0.3 is 5.97 Å². The highest BCUT2D eigenvalue weighted by Crippen LogP contribution is 2.20. The van der Waals surface area contributed by atoms with Gasteiger partial charge < -0.3 is 5.11 Å². The highest BCUT2D eigenvalue weighted by atomic mass is 32.2. The lowest BCUT2D eigenvalue weighted by Crippen LogP contribution is -2.53. The van der Waals surface area contributed by atoms with Crippen LogP contribution in [0.5, 0.6) is 0 Å². The summed E-state index contributed by atoms with van der Waals surface area (Å²) in [6.45, 7) is 2.44. The zero-order chi connectivity index (χ0) is 15.5. The number of aliphatic carboxylic acids is 1. The van der Waals surface area contributed by atoms with Crippen molar-refractivity contribution in [2.24, 2.45) is 0 Å². The third-order valence-corrected chi connectivity index (χ3v) is 5.62. The average molecular weight is 311 g/mol. The van der Waals surface area contributed by atoms with Crippen molar-refractivity contribution in [2.75, 3.05) is 18.1 Å². The summed E-state index contributed by atoms with van der Waals surface area (Å²) >= 11 is 0. The van der Waals surface area contributed by atoms with Gasteiger partial charge in [0.05, 0.1) is 17.9 Å². The van der Waals surface area contributed by atoms with Crippen LogP contribution >= 0.6 is 0 Å². The van der Waals surface area contributed by atoms with E-state index in [-0.39, 0.29) is 24.0 Å². The summed E-state index contributed by atoms with van der Waals surface area (Å²) < 4.78 is 23.5. The molecule has 2 atom stereocenters. The smallest absolute Gasteiger partial charge is 0.304 e. The molecule has 1 saturated heterocycles. The van der Waals surface area contributed by atoms with Gasteiger partial charge in [-0.15, -0.1) is 0 Å². The van der Waals surface area contributed by atoms with E-state index in [0.717, 1.165) is 6.42 Å². The largest absolute Gasteiger partial charge is 0.481 e. The second-order valence-corrected chi connectivity index (χ2v) is 7.87. The van der Waals surface area contributed by atoms with Crippen molar-refractivity contribution >= 4 is 15.8 Å². The zero-order valence-electron chi connectivity index (χ0n) is 12.1. The second kappa shape index (κ2) is 6.58. The van der Waals surface area contributed by atoms with Crippen molar-refractivity contribution in [3.63, 3.8) is 0 Å². The zero-order valence-corrected chi connectivity index (χ0v) is 12.9. The quantitative estimate of drug-likeness (QED) is 0.884. The van der Waals surface area contributed by atoms with Gasteiger partial charge in [0.15, 0.2) is 9.84 Å². The number of sulfone groups is 1. The molecule has 1 heterocycles. The molecule has 1 aromatic rings. The molecule has 5 nitrogen and oxygen atoms in total. The summed E-state index contributed by atoms with van der Waals surface area (Å²) in [4.78, 5) is 13.0. The molecule has 2 rings (SSSR count). The van der Waals surface area contributed by atoms with E-state index >= 15 is 0 Å². The van der Waals surface area contributed by atoms with Crippen LogP contribution in [0, 0.1) is 0 Å². The fourth-order valence-corrected chi connectivity index (χ4v) is 4.48. The number of carboxylic acids is 1. The number of carbonyl (C=O) groups is 1. The van der Waals surface area contributed by atoms with Gasteiger partial charge in [0.25, 0.3) is 0 Å². The van der Waals surface area contributed by atoms with Gasteiger partial charge in [0.1, 0.15) is 0 Å². The third-order valence-electron chi connectivity index (χ3n) is 3.93.